The second-order valence-corrected chi connectivity index (χ2v) is 3.26. The summed E-state index contributed by atoms with van der Waals surface area (Å²) < 4.78 is 0. The highest BCUT2D eigenvalue weighted by Crippen LogP contribution is 1.99. The molecule has 0 saturated heterocycles. The van der Waals surface area contributed by atoms with Crippen molar-refractivity contribution < 1.29 is 0 Å². The molecule has 1 heteroatoms. The first-order valence-corrected chi connectivity index (χ1v) is 4.19. The van der Waals surface area contributed by atoms with Gasteiger partial charge in [-0.2, -0.15) is 0 Å². The minimum atomic E-state index is 0.924. The van der Waals surface area contributed by atoms with E-state index in [1.165, 1.54) is 5.57 Å². The van der Waals surface area contributed by atoms with Crippen LogP contribution in [0.2, 0.25) is 0 Å². The normalized spacial score (nSPS) is 12.9. The number of allylic oxidation sites excluding steroid dienone is 3. The molecular weight excluding hydrogens is 146 g/mol. The molecule has 0 rings (SSSR count). The molecule has 0 aliphatic heterocycles. The summed E-state index contributed by atoms with van der Waals surface area (Å²) in [6.07, 6.45) is 6.24. The Bertz CT molecular complexity index is 197. The molecule has 68 valence electrons. The summed E-state index contributed by atoms with van der Waals surface area (Å²) in [6.45, 7) is 8.99. The standard InChI is InChI=1S/C11H19N/c1-6-10(2)7-8-11(3)9-12(4)5/h6-8H,3,9H2,1-2,4-5H3/b8-7-,10-6-. The number of rotatable bonds is 4. The van der Waals surface area contributed by atoms with Crippen LogP contribution in [0.25, 0.3) is 0 Å². The van der Waals surface area contributed by atoms with E-state index in [1.54, 1.807) is 0 Å². The van der Waals surface area contributed by atoms with E-state index in [0.29, 0.717) is 0 Å². The third kappa shape index (κ3) is 5.93. The maximum atomic E-state index is 3.95. The first kappa shape index (κ1) is 11.2. The molecule has 0 bridgehead atoms. The molecule has 0 amide bonds. The Balaban J connectivity index is 3.92. The first-order chi connectivity index (χ1) is 5.56. The van der Waals surface area contributed by atoms with Crippen LogP contribution in [0.4, 0.5) is 0 Å². The Hall–Kier alpha value is -0.820. The third-order valence-electron chi connectivity index (χ3n) is 1.56. The van der Waals surface area contributed by atoms with Crippen molar-refractivity contribution in [1.82, 2.24) is 4.90 Å². The molecule has 0 heterocycles. The first-order valence-electron chi connectivity index (χ1n) is 4.19. The maximum absolute atomic E-state index is 3.95. The summed E-state index contributed by atoms with van der Waals surface area (Å²) >= 11 is 0. The predicted molar refractivity (Wildman–Crippen MR) is 56.3 cm³/mol. The highest BCUT2D eigenvalue weighted by atomic mass is 15.0. The zero-order valence-corrected chi connectivity index (χ0v) is 8.59. The summed E-state index contributed by atoms with van der Waals surface area (Å²) in [6, 6.07) is 0. The molecule has 0 spiro atoms. The molecule has 0 atom stereocenters. The van der Waals surface area contributed by atoms with E-state index in [9.17, 15) is 0 Å². The second kappa shape index (κ2) is 5.78. The number of hydrogen-bond acceptors (Lipinski definition) is 1. The van der Waals surface area contributed by atoms with Crippen LogP contribution in [0.1, 0.15) is 13.8 Å². The van der Waals surface area contributed by atoms with Crippen molar-refractivity contribution in [1.29, 1.82) is 0 Å². The van der Waals surface area contributed by atoms with Crippen LogP contribution in [0, 0.1) is 0 Å². The lowest BCUT2D eigenvalue weighted by Crippen LogP contribution is -2.13. The largest absolute Gasteiger partial charge is 0.305 e. The zero-order valence-electron chi connectivity index (χ0n) is 8.59. The van der Waals surface area contributed by atoms with Gasteiger partial charge in [0.05, 0.1) is 0 Å². The lowest BCUT2D eigenvalue weighted by atomic mass is 10.2. The zero-order chi connectivity index (χ0) is 9.56. The molecular formula is C11H19N. The number of hydrogen-bond donors (Lipinski definition) is 0. The summed E-state index contributed by atoms with van der Waals surface area (Å²) in [5, 5.41) is 0. The van der Waals surface area contributed by atoms with Crippen molar-refractivity contribution in [2.75, 3.05) is 20.6 Å². The Morgan fingerprint density at radius 3 is 2.33 bits per heavy atom. The maximum Gasteiger partial charge on any atom is 0.0221 e. The van der Waals surface area contributed by atoms with Gasteiger partial charge < -0.3 is 4.90 Å². The molecule has 0 aliphatic rings. The summed E-state index contributed by atoms with van der Waals surface area (Å²) in [5.41, 5.74) is 2.41. The average Bonchev–Trinajstić information content (AvgIpc) is 1.99. The topological polar surface area (TPSA) is 3.24 Å². The third-order valence-corrected chi connectivity index (χ3v) is 1.56. The van der Waals surface area contributed by atoms with Gasteiger partial charge in [0.25, 0.3) is 0 Å². The Labute approximate surface area is 76.1 Å². The quantitative estimate of drug-likeness (QED) is 0.579. The fourth-order valence-corrected chi connectivity index (χ4v) is 0.804. The lowest BCUT2D eigenvalue weighted by Gasteiger charge is -2.08. The molecule has 0 aromatic carbocycles. The van der Waals surface area contributed by atoms with Gasteiger partial charge in [0.1, 0.15) is 0 Å². The van der Waals surface area contributed by atoms with Gasteiger partial charge in [0.15, 0.2) is 0 Å². The fourth-order valence-electron chi connectivity index (χ4n) is 0.804. The van der Waals surface area contributed by atoms with E-state index < -0.39 is 0 Å². The van der Waals surface area contributed by atoms with Crippen molar-refractivity contribution in [3.05, 3.63) is 36.0 Å². The van der Waals surface area contributed by atoms with Crippen molar-refractivity contribution in [2.24, 2.45) is 0 Å². The smallest absolute Gasteiger partial charge is 0.0221 e. The van der Waals surface area contributed by atoms with Gasteiger partial charge in [-0.05, 0) is 33.5 Å². The molecule has 0 unspecified atom stereocenters. The molecule has 0 aromatic rings. The van der Waals surface area contributed by atoms with Crippen LogP contribution in [0.5, 0.6) is 0 Å². The minimum absolute atomic E-state index is 0.924. The molecule has 0 saturated carbocycles. The van der Waals surface area contributed by atoms with Crippen molar-refractivity contribution in [2.45, 2.75) is 13.8 Å². The van der Waals surface area contributed by atoms with Crippen molar-refractivity contribution in [3.8, 4) is 0 Å². The monoisotopic (exact) mass is 165 g/mol. The Morgan fingerprint density at radius 1 is 1.33 bits per heavy atom. The van der Waals surface area contributed by atoms with E-state index in [4.69, 9.17) is 0 Å². The molecule has 0 aromatic heterocycles. The number of nitrogens with zero attached hydrogens (tertiary/aromatic N) is 1. The average molecular weight is 165 g/mol. The minimum Gasteiger partial charge on any atom is -0.305 e. The predicted octanol–water partition coefficient (Wildman–Crippen LogP) is 2.63. The SMILES string of the molecule is C=C(/C=C\C(C)=C/C)CN(C)C. The molecule has 0 aliphatic carbocycles. The van der Waals surface area contributed by atoms with Crippen LogP contribution < -0.4 is 0 Å². The Kier molecular flexibility index (Phi) is 5.39. The van der Waals surface area contributed by atoms with Crippen LogP contribution in [-0.2, 0) is 0 Å². The highest BCUT2D eigenvalue weighted by molar-refractivity contribution is 5.25. The molecule has 1 nitrogen and oxygen atoms in total. The van der Waals surface area contributed by atoms with E-state index in [2.05, 4.69) is 36.6 Å². The van der Waals surface area contributed by atoms with Gasteiger partial charge >= 0.3 is 0 Å². The molecule has 0 N–H and O–H groups in total. The van der Waals surface area contributed by atoms with Gasteiger partial charge in [-0.1, -0.05) is 30.4 Å². The van der Waals surface area contributed by atoms with E-state index in [0.717, 1.165) is 12.1 Å². The van der Waals surface area contributed by atoms with Gasteiger partial charge in [-0.15, -0.1) is 0 Å². The van der Waals surface area contributed by atoms with Gasteiger partial charge in [0, 0.05) is 6.54 Å². The molecule has 0 fully saturated rings. The van der Waals surface area contributed by atoms with E-state index >= 15 is 0 Å². The molecule has 12 heavy (non-hydrogen) atoms. The van der Waals surface area contributed by atoms with Gasteiger partial charge in [-0.3, -0.25) is 0 Å². The summed E-state index contributed by atoms with van der Waals surface area (Å²) in [5.74, 6) is 0. The highest BCUT2D eigenvalue weighted by Gasteiger charge is 1.90. The number of likely N-dealkylation sites (N-methyl/N-ethyl adjacent to an activating group) is 1. The molecule has 0 radical (unpaired) electrons. The Morgan fingerprint density at radius 2 is 1.92 bits per heavy atom. The summed E-state index contributed by atoms with van der Waals surface area (Å²) in [4.78, 5) is 2.11. The fraction of sp³-hybridized carbons (Fsp3) is 0.455. The van der Waals surface area contributed by atoms with E-state index in [1.807, 2.05) is 21.0 Å². The second-order valence-electron chi connectivity index (χ2n) is 3.26. The van der Waals surface area contributed by atoms with Crippen molar-refractivity contribution >= 4 is 0 Å². The van der Waals surface area contributed by atoms with E-state index in [-0.39, 0.29) is 0 Å². The van der Waals surface area contributed by atoms with Crippen LogP contribution >= 0.6 is 0 Å². The van der Waals surface area contributed by atoms with Crippen LogP contribution in [0.3, 0.4) is 0 Å². The van der Waals surface area contributed by atoms with Crippen LogP contribution in [-0.4, -0.2) is 25.5 Å². The summed E-state index contributed by atoms with van der Waals surface area (Å²) in [7, 11) is 4.09. The van der Waals surface area contributed by atoms with Crippen LogP contribution in [0.15, 0.2) is 36.0 Å². The van der Waals surface area contributed by atoms with Gasteiger partial charge in [-0.25, -0.2) is 0 Å². The van der Waals surface area contributed by atoms with Crippen molar-refractivity contribution in [3.63, 3.8) is 0 Å². The van der Waals surface area contributed by atoms with Gasteiger partial charge in [0.2, 0.25) is 0 Å². The lowest BCUT2D eigenvalue weighted by molar-refractivity contribution is 0.449.